The minimum absolute atomic E-state index is 0.187. The Kier molecular flexibility index (Phi) is 5.12. The van der Waals surface area contributed by atoms with Crippen LogP contribution in [0.15, 0.2) is 0 Å². The summed E-state index contributed by atoms with van der Waals surface area (Å²) in [5.41, 5.74) is -2.51. The minimum atomic E-state index is -6.57. The second-order valence-corrected chi connectivity index (χ2v) is 11.1. The summed E-state index contributed by atoms with van der Waals surface area (Å²) in [4.78, 5) is 12.8. The van der Waals surface area contributed by atoms with Crippen LogP contribution >= 0.6 is 0 Å². The van der Waals surface area contributed by atoms with Gasteiger partial charge >= 0.3 is 17.1 Å². The van der Waals surface area contributed by atoms with E-state index >= 15 is 0 Å². The quantitative estimate of drug-likeness (QED) is 0.367. The first-order chi connectivity index (χ1) is 12.9. The molecule has 168 valence electrons. The van der Waals surface area contributed by atoms with E-state index in [2.05, 4.69) is 0 Å². The van der Waals surface area contributed by atoms with Crippen molar-refractivity contribution in [1.82, 2.24) is 0 Å². The summed E-state index contributed by atoms with van der Waals surface area (Å²) in [6.07, 6.45) is 1.95. The number of rotatable bonds is 7. The van der Waals surface area contributed by atoms with E-state index in [1.807, 2.05) is 0 Å². The summed E-state index contributed by atoms with van der Waals surface area (Å²) in [5.74, 6) is -5.58. The van der Waals surface area contributed by atoms with Crippen LogP contribution in [0.5, 0.6) is 0 Å². The van der Waals surface area contributed by atoms with Crippen LogP contribution < -0.4 is 0 Å². The molecule has 4 rings (SSSR count). The van der Waals surface area contributed by atoms with Gasteiger partial charge in [0.05, 0.1) is 24.0 Å². The summed E-state index contributed by atoms with van der Waals surface area (Å²) in [7, 11) is -6.57. The highest BCUT2D eigenvalue weighted by atomic mass is 32.2. The summed E-state index contributed by atoms with van der Waals surface area (Å²) in [6, 6.07) is 0. The predicted octanol–water partition coefficient (Wildman–Crippen LogP) is 3.05. The molecule has 4 aliphatic rings. The Morgan fingerprint density at radius 2 is 1.66 bits per heavy atom. The zero-order chi connectivity index (χ0) is 22.1. The second kappa shape index (κ2) is 6.53. The van der Waals surface area contributed by atoms with Gasteiger partial charge in [-0.15, -0.1) is 0 Å². The highest BCUT2D eigenvalue weighted by Crippen LogP contribution is 2.68. The minimum Gasteiger partial charge on any atom is -0.743 e. The Labute approximate surface area is 166 Å². The number of ether oxygens (including phenoxy) is 1. The molecule has 2 atom stereocenters. The fraction of sp³-hybridized carbons (Fsp3) is 0.944. The van der Waals surface area contributed by atoms with Gasteiger partial charge in [-0.05, 0) is 64.2 Å². The van der Waals surface area contributed by atoms with E-state index in [0.717, 1.165) is 19.3 Å². The van der Waals surface area contributed by atoms with Crippen LogP contribution in [0.4, 0.5) is 17.6 Å². The Balaban J connectivity index is 1.70. The normalized spacial score (nSPS) is 35.0. The summed E-state index contributed by atoms with van der Waals surface area (Å²) in [6.45, 7) is 2.24. The van der Waals surface area contributed by atoms with Gasteiger partial charge in [-0.1, -0.05) is 0 Å². The van der Waals surface area contributed by atoms with Crippen LogP contribution in [-0.2, 0) is 19.6 Å². The van der Waals surface area contributed by atoms with Crippen molar-refractivity contribution in [2.75, 3.05) is 6.61 Å². The SMILES string of the molecule is CC(C)(O)C12CC3CC(CC(C(=O)OCCC(F)(F)C(F)(F)S(=O)(=O)[O-])(C3)C1)C2. The summed E-state index contributed by atoms with van der Waals surface area (Å²) < 4.78 is 89.8. The number of alkyl halides is 4. The van der Waals surface area contributed by atoms with Crippen LogP contribution in [0.25, 0.3) is 0 Å². The highest BCUT2D eigenvalue weighted by Gasteiger charge is 2.65. The van der Waals surface area contributed by atoms with Gasteiger partial charge in [0, 0.05) is 5.41 Å². The first-order valence-electron chi connectivity index (χ1n) is 9.55. The van der Waals surface area contributed by atoms with Gasteiger partial charge in [-0.2, -0.15) is 17.6 Å². The fourth-order valence-electron chi connectivity index (χ4n) is 5.97. The fourth-order valence-corrected chi connectivity index (χ4v) is 6.44. The van der Waals surface area contributed by atoms with Gasteiger partial charge in [0.15, 0.2) is 10.1 Å². The predicted molar refractivity (Wildman–Crippen MR) is 91.0 cm³/mol. The molecule has 11 heteroatoms. The van der Waals surface area contributed by atoms with Crippen LogP contribution in [0, 0.1) is 22.7 Å². The third-order valence-corrected chi connectivity index (χ3v) is 8.11. The van der Waals surface area contributed by atoms with E-state index in [1.165, 1.54) is 0 Å². The topological polar surface area (TPSA) is 104 Å². The maximum atomic E-state index is 13.6. The molecule has 0 aromatic rings. The Morgan fingerprint density at radius 3 is 2.10 bits per heavy atom. The molecule has 4 saturated carbocycles. The number of hydrogen-bond acceptors (Lipinski definition) is 6. The molecule has 0 aromatic heterocycles. The third-order valence-electron chi connectivity index (χ3n) is 7.18. The van der Waals surface area contributed by atoms with Gasteiger partial charge in [0.25, 0.3) is 0 Å². The van der Waals surface area contributed by atoms with Crippen LogP contribution in [0.1, 0.15) is 58.8 Å². The van der Waals surface area contributed by atoms with Crippen molar-refractivity contribution >= 4 is 16.1 Å². The third kappa shape index (κ3) is 3.56. The molecule has 6 nitrogen and oxygen atoms in total. The van der Waals surface area contributed by atoms with Crippen LogP contribution in [0.2, 0.25) is 0 Å². The average molecular weight is 445 g/mol. The molecule has 1 N–H and O–H groups in total. The molecule has 0 spiro atoms. The van der Waals surface area contributed by atoms with Gasteiger partial charge < -0.3 is 14.4 Å². The molecular formula is C18H25F4O6S-. The maximum Gasteiger partial charge on any atom is 0.396 e. The Hall–Kier alpha value is -0.940. The molecule has 4 fully saturated rings. The van der Waals surface area contributed by atoms with Crippen molar-refractivity contribution in [2.24, 2.45) is 22.7 Å². The van der Waals surface area contributed by atoms with Gasteiger partial charge in [0.1, 0.15) is 0 Å². The van der Waals surface area contributed by atoms with Crippen molar-refractivity contribution in [3.8, 4) is 0 Å². The molecule has 0 saturated heterocycles. The lowest BCUT2D eigenvalue weighted by atomic mass is 9.41. The summed E-state index contributed by atoms with van der Waals surface area (Å²) >= 11 is 0. The average Bonchev–Trinajstić information content (AvgIpc) is 2.51. The van der Waals surface area contributed by atoms with E-state index in [9.17, 15) is 40.4 Å². The molecule has 4 bridgehead atoms. The number of esters is 1. The van der Waals surface area contributed by atoms with Crippen LogP contribution in [0.3, 0.4) is 0 Å². The van der Waals surface area contributed by atoms with Crippen LogP contribution in [-0.4, -0.2) is 47.4 Å². The molecule has 0 heterocycles. The number of carbonyl (C=O) groups excluding carboxylic acids is 1. The monoisotopic (exact) mass is 445 g/mol. The van der Waals surface area contributed by atoms with E-state index in [-0.39, 0.29) is 11.8 Å². The van der Waals surface area contributed by atoms with Gasteiger partial charge in [0.2, 0.25) is 0 Å². The molecule has 2 unspecified atom stereocenters. The second-order valence-electron chi connectivity index (χ2n) is 9.64. The lowest BCUT2D eigenvalue weighted by Gasteiger charge is -2.64. The molecule has 0 radical (unpaired) electrons. The molecular weight excluding hydrogens is 420 g/mol. The Bertz CT molecular complexity index is 775. The zero-order valence-corrected chi connectivity index (χ0v) is 17.0. The van der Waals surface area contributed by atoms with E-state index in [1.54, 1.807) is 13.8 Å². The number of aliphatic hydroxyl groups is 1. The number of halogens is 4. The molecule has 0 aliphatic heterocycles. The molecule has 29 heavy (non-hydrogen) atoms. The Morgan fingerprint density at radius 1 is 1.14 bits per heavy atom. The largest absolute Gasteiger partial charge is 0.743 e. The van der Waals surface area contributed by atoms with Crippen molar-refractivity contribution < 1.29 is 45.2 Å². The lowest BCUT2D eigenvalue weighted by molar-refractivity contribution is -0.212. The van der Waals surface area contributed by atoms with Crippen molar-refractivity contribution in [3.05, 3.63) is 0 Å². The highest BCUT2D eigenvalue weighted by molar-refractivity contribution is 7.86. The van der Waals surface area contributed by atoms with Crippen molar-refractivity contribution in [3.63, 3.8) is 0 Å². The van der Waals surface area contributed by atoms with Gasteiger partial charge in [-0.3, -0.25) is 4.79 Å². The lowest BCUT2D eigenvalue weighted by Crippen LogP contribution is -2.61. The first-order valence-corrected chi connectivity index (χ1v) is 11.0. The van der Waals surface area contributed by atoms with E-state index in [0.29, 0.717) is 19.3 Å². The molecule has 0 amide bonds. The van der Waals surface area contributed by atoms with Crippen molar-refractivity contribution in [2.45, 2.75) is 75.6 Å². The first kappa shape index (κ1) is 22.7. The van der Waals surface area contributed by atoms with Gasteiger partial charge in [-0.25, -0.2) is 8.42 Å². The maximum absolute atomic E-state index is 13.6. The summed E-state index contributed by atoms with van der Waals surface area (Å²) in [5, 5.41) is 4.91. The standard InChI is InChI=1S/C18H26F4O6S/c1-14(2,24)16-8-11-5-12(9-16)7-15(6-11,10-16)13(23)28-4-3-17(19,20)18(21,22)29(25,26)27/h11-12,24H,3-10H2,1-2H3,(H,25,26,27)/p-1. The molecule has 0 aromatic carbocycles. The molecule has 4 aliphatic carbocycles. The number of hydrogen-bond donors (Lipinski definition) is 1. The van der Waals surface area contributed by atoms with E-state index in [4.69, 9.17) is 4.74 Å². The zero-order valence-electron chi connectivity index (χ0n) is 16.2. The van der Waals surface area contributed by atoms with Crippen molar-refractivity contribution in [1.29, 1.82) is 0 Å². The number of carbonyl (C=O) groups is 1. The smallest absolute Gasteiger partial charge is 0.396 e. The van der Waals surface area contributed by atoms with E-state index < -0.39 is 56.7 Å².